The van der Waals surface area contributed by atoms with E-state index in [2.05, 4.69) is 10.3 Å². The Balaban J connectivity index is 1.79. The number of nitrogens with zero attached hydrogens (tertiary/aromatic N) is 4. The lowest BCUT2D eigenvalue weighted by atomic mass is 10.0. The van der Waals surface area contributed by atoms with Crippen LogP contribution < -0.4 is 5.32 Å². The number of aromatic nitrogens is 2. The lowest BCUT2D eigenvalue weighted by molar-refractivity contribution is -0.384. The predicted molar refractivity (Wildman–Crippen MR) is 116 cm³/mol. The molecule has 2 aromatic heterocycles. The van der Waals surface area contributed by atoms with Crippen LogP contribution in [0, 0.1) is 10.1 Å². The molecule has 1 fully saturated rings. The summed E-state index contributed by atoms with van der Waals surface area (Å²) in [6.07, 6.45) is 4.20. The molecule has 0 amide bonds. The monoisotopic (exact) mass is 423 g/mol. The first kappa shape index (κ1) is 20.0. The number of hydrogen-bond acceptors (Lipinski definition) is 5. The van der Waals surface area contributed by atoms with Crippen molar-refractivity contribution in [3.8, 4) is 5.69 Å². The van der Waals surface area contributed by atoms with Crippen molar-refractivity contribution in [3.05, 3.63) is 88.5 Å². The molecule has 1 aliphatic heterocycles. The maximum atomic E-state index is 11.2. The third-order valence-corrected chi connectivity index (χ3v) is 5.51. The van der Waals surface area contributed by atoms with Gasteiger partial charge in [-0.25, -0.2) is 0 Å². The highest BCUT2D eigenvalue weighted by atomic mass is 32.1. The number of aliphatic hydroxyl groups is 1. The molecule has 0 bridgehead atoms. The van der Waals surface area contributed by atoms with Gasteiger partial charge in [0.05, 0.1) is 28.4 Å². The average molecular weight is 423 g/mol. The Morgan fingerprint density at radius 3 is 2.80 bits per heavy atom. The summed E-state index contributed by atoms with van der Waals surface area (Å²) < 4.78 is 1.94. The molecule has 3 heterocycles. The van der Waals surface area contributed by atoms with Gasteiger partial charge < -0.3 is 19.9 Å². The molecule has 0 unspecified atom stereocenters. The van der Waals surface area contributed by atoms with E-state index in [0.717, 1.165) is 11.4 Å². The van der Waals surface area contributed by atoms with Crippen molar-refractivity contribution in [1.29, 1.82) is 0 Å². The number of rotatable bonds is 7. The van der Waals surface area contributed by atoms with Gasteiger partial charge in [0.25, 0.3) is 5.69 Å². The Morgan fingerprint density at radius 1 is 1.20 bits per heavy atom. The summed E-state index contributed by atoms with van der Waals surface area (Å²) in [5.74, 6) is 0. The average Bonchev–Trinajstić information content (AvgIpc) is 3.37. The summed E-state index contributed by atoms with van der Waals surface area (Å²) >= 11 is 5.60. The smallest absolute Gasteiger partial charge is 0.271 e. The molecule has 1 aromatic carbocycles. The van der Waals surface area contributed by atoms with E-state index in [1.54, 1.807) is 18.3 Å². The summed E-state index contributed by atoms with van der Waals surface area (Å²) in [6, 6.07) is 15.8. The van der Waals surface area contributed by atoms with Crippen molar-refractivity contribution < 1.29 is 10.0 Å². The van der Waals surface area contributed by atoms with Crippen molar-refractivity contribution in [2.24, 2.45) is 0 Å². The molecule has 4 rings (SSSR count). The van der Waals surface area contributed by atoms with E-state index in [4.69, 9.17) is 12.2 Å². The fourth-order valence-electron chi connectivity index (χ4n) is 3.84. The van der Waals surface area contributed by atoms with E-state index < -0.39 is 4.92 Å². The first-order chi connectivity index (χ1) is 14.6. The summed E-state index contributed by atoms with van der Waals surface area (Å²) in [5, 5.41) is 24.6. The molecule has 2 atom stereocenters. The number of hydrogen-bond donors (Lipinski definition) is 2. The second-order valence-electron chi connectivity index (χ2n) is 6.98. The molecule has 0 saturated carbocycles. The van der Waals surface area contributed by atoms with Gasteiger partial charge in [-0.2, -0.15) is 0 Å². The molecule has 3 aromatic rings. The zero-order valence-electron chi connectivity index (χ0n) is 16.1. The molecule has 2 N–H and O–H groups in total. The van der Waals surface area contributed by atoms with E-state index in [0.29, 0.717) is 23.8 Å². The molecule has 0 radical (unpaired) electrons. The lowest BCUT2D eigenvalue weighted by Crippen LogP contribution is -2.31. The third kappa shape index (κ3) is 3.77. The van der Waals surface area contributed by atoms with Gasteiger partial charge in [-0.05, 0) is 49.0 Å². The number of non-ortho nitro benzene ring substituents is 1. The van der Waals surface area contributed by atoms with E-state index in [1.165, 1.54) is 6.07 Å². The van der Waals surface area contributed by atoms with Gasteiger partial charge in [-0.3, -0.25) is 15.1 Å². The van der Waals surface area contributed by atoms with Gasteiger partial charge in [0, 0.05) is 43.4 Å². The van der Waals surface area contributed by atoms with Crippen molar-refractivity contribution in [2.75, 3.05) is 13.2 Å². The molecule has 9 heteroatoms. The topological polar surface area (TPSA) is 96.5 Å². The fraction of sp³-hybridized carbons (Fsp3) is 0.238. The van der Waals surface area contributed by atoms with Crippen LogP contribution >= 0.6 is 12.2 Å². The Kier molecular flexibility index (Phi) is 5.73. The van der Waals surface area contributed by atoms with Crippen LogP contribution in [0.15, 0.2) is 67.0 Å². The second kappa shape index (κ2) is 8.60. The van der Waals surface area contributed by atoms with Gasteiger partial charge in [0.2, 0.25) is 0 Å². The summed E-state index contributed by atoms with van der Waals surface area (Å²) in [5.41, 5.74) is 2.51. The molecule has 1 saturated heterocycles. The highest BCUT2D eigenvalue weighted by Crippen LogP contribution is 2.39. The SMILES string of the molecule is O=[N+]([O-])c1cccc(-n2cccc2[C@@H]2[C@@H](c3ccccn3)NC(=S)N2CCCO)c1. The van der Waals surface area contributed by atoms with Crippen LogP contribution in [-0.2, 0) is 0 Å². The number of thiocarbonyl (C=S) groups is 1. The van der Waals surface area contributed by atoms with Crippen molar-refractivity contribution in [2.45, 2.75) is 18.5 Å². The Hall–Kier alpha value is -3.30. The van der Waals surface area contributed by atoms with E-state index in [1.807, 2.05) is 52.1 Å². The highest BCUT2D eigenvalue weighted by Gasteiger charge is 2.40. The van der Waals surface area contributed by atoms with Gasteiger partial charge in [0.15, 0.2) is 5.11 Å². The van der Waals surface area contributed by atoms with Crippen LogP contribution in [0.4, 0.5) is 5.69 Å². The number of nitro groups is 1. The summed E-state index contributed by atoms with van der Waals surface area (Å²) in [7, 11) is 0. The summed E-state index contributed by atoms with van der Waals surface area (Å²) in [4.78, 5) is 17.4. The molecule has 30 heavy (non-hydrogen) atoms. The van der Waals surface area contributed by atoms with Crippen molar-refractivity contribution in [3.63, 3.8) is 0 Å². The molecule has 0 spiro atoms. The van der Waals surface area contributed by atoms with Crippen molar-refractivity contribution in [1.82, 2.24) is 19.8 Å². The minimum absolute atomic E-state index is 0.0330. The number of pyridine rings is 1. The maximum absolute atomic E-state index is 11.2. The van der Waals surface area contributed by atoms with Crippen LogP contribution in [0.5, 0.6) is 0 Å². The van der Waals surface area contributed by atoms with Gasteiger partial charge >= 0.3 is 0 Å². The molecule has 0 aliphatic carbocycles. The van der Waals surface area contributed by atoms with Gasteiger partial charge in [0.1, 0.15) is 0 Å². The molecule has 1 aliphatic rings. The molecule has 8 nitrogen and oxygen atoms in total. The standard InChI is InChI=1S/C21H21N5O3S/c27-13-5-12-25-20(19(23-21(25)30)17-8-1-2-10-22-17)18-9-4-11-24(18)15-6-3-7-16(14-15)26(28)29/h1-4,6-11,14,19-20,27H,5,12-13H2,(H,23,30)/t19-,20-/m1/s1. The number of nitro benzene ring substituents is 1. The van der Waals surface area contributed by atoms with E-state index >= 15 is 0 Å². The lowest BCUT2D eigenvalue weighted by Gasteiger charge is -2.28. The van der Waals surface area contributed by atoms with Crippen LogP contribution in [0.3, 0.4) is 0 Å². The van der Waals surface area contributed by atoms with Crippen LogP contribution in [0.2, 0.25) is 0 Å². The normalized spacial score (nSPS) is 18.4. The molecular weight excluding hydrogens is 402 g/mol. The Morgan fingerprint density at radius 2 is 2.07 bits per heavy atom. The first-order valence-electron chi connectivity index (χ1n) is 9.61. The zero-order valence-corrected chi connectivity index (χ0v) is 16.9. The van der Waals surface area contributed by atoms with Crippen molar-refractivity contribution >= 4 is 23.0 Å². The zero-order chi connectivity index (χ0) is 21.1. The van der Waals surface area contributed by atoms with E-state index in [9.17, 15) is 15.2 Å². The van der Waals surface area contributed by atoms with Crippen LogP contribution in [0.25, 0.3) is 5.69 Å². The minimum Gasteiger partial charge on any atom is -0.396 e. The maximum Gasteiger partial charge on any atom is 0.271 e. The number of nitrogens with one attached hydrogen (secondary N) is 1. The second-order valence-corrected chi connectivity index (χ2v) is 7.36. The van der Waals surface area contributed by atoms with E-state index in [-0.39, 0.29) is 24.4 Å². The molecular formula is C21H21N5O3S. The first-order valence-corrected chi connectivity index (χ1v) is 10.0. The predicted octanol–water partition coefficient (Wildman–Crippen LogP) is 3.14. The summed E-state index contributed by atoms with van der Waals surface area (Å²) in [6.45, 7) is 0.641. The highest BCUT2D eigenvalue weighted by molar-refractivity contribution is 7.80. The number of benzene rings is 1. The van der Waals surface area contributed by atoms with Gasteiger partial charge in [-0.15, -0.1) is 0 Å². The van der Waals surface area contributed by atoms with Gasteiger partial charge in [-0.1, -0.05) is 12.1 Å². The number of aliphatic hydroxyl groups excluding tert-OH is 1. The molecule has 154 valence electrons. The Bertz CT molecular complexity index is 1060. The van der Waals surface area contributed by atoms with Crippen LogP contribution in [-0.4, -0.2) is 42.7 Å². The largest absolute Gasteiger partial charge is 0.396 e. The van der Waals surface area contributed by atoms with Crippen LogP contribution in [0.1, 0.15) is 29.9 Å². The minimum atomic E-state index is -0.400. The Labute approximate surface area is 178 Å². The fourth-order valence-corrected chi connectivity index (χ4v) is 4.17. The quantitative estimate of drug-likeness (QED) is 0.342. The third-order valence-electron chi connectivity index (χ3n) is 5.16.